The first-order valence-corrected chi connectivity index (χ1v) is 5.60. The Kier molecular flexibility index (Phi) is 4.26. The highest BCUT2D eigenvalue weighted by Crippen LogP contribution is 2.24. The number of carbonyl (C=O) groups is 2. The van der Waals surface area contributed by atoms with Crippen molar-refractivity contribution in [1.29, 1.82) is 0 Å². The van der Waals surface area contributed by atoms with Crippen LogP contribution in [0.2, 0.25) is 0 Å². The quantitative estimate of drug-likeness (QED) is 0.487. The number of ketones is 1. The molecule has 0 fully saturated rings. The average Bonchev–Trinajstić information content (AvgIpc) is 2.20. The molecule has 0 aliphatic heterocycles. The van der Waals surface area contributed by atoms with Crippen LogP contribution in [0.25, 0.3) is 0 Å². The zero-order valence-corrected chi connectivity index (χ0v) is 10.7. The number of halogens is 1. The maximum atomic E-state index is 11.3. The normalized spacial score (nSPS) is 9.80. The first kappa shape index (κ1) is 12.2. The molecule has 0 amide bonds. The van der Waals surface area contributed by atoms with Crippen LogP contribution in [0.1, 0.15) is 34.6 Å². The van der Waals surface area contributed by atoms with Crippen LogP contribution in [-0.4, -0.2) is 18.7 Å². The maximum Gasteiger partial charge on any atom is 0.161 e. The molecule has 0 N–H and O–H groups in total. The number of hydrogen-bond donors (Lipinski definition) is 0. The summed E-state index contributed by atoms with van der Waals surface area (Å²) in [5, 5.41) is 0. The van der Waals surface area contributed by atoms with Crippen LogP contribution in [0, 0.1) is 3.57 Å². The van der Waals surface area contributed by atoms with Crippen molar-refractivity contribution in [2.75, 3.05) is 6.61 Å². The molecule has 3 nitrogen and oxygen atoms in total. The van der Waals surface area contributed by atoms with Crippen LogP contribution >= 0.6 is 22.6 Å². The SMILES string of the molecule is CCOc1cc(C(C)=O)c(I)cc1C=O. The Balaban J connectivity index is 3.29. The Bertz CT molecular complexity index is 399. The van der Waals surface area contributed by atoms with Crippen LogP contribution in [0.15, 0.2) is 12.1 Å². The van der Waals surface area contributed by atoms with E-state index < -0.39 is 0 Å². The second kappa shape index (κ2) is 5.25. The van der Waals surface area contributed by atoms with Gasteiger partial charge in [0.15, 0.2) is 12.1 Å². The van der Waals surface area contributed by atoms with E-state index in [-0.39, 0.29) is 5.78 Å². The lowest BCUT2D eigenvalue weighted by molar-refractivity contribution is 0.101. The number of hydrogen-bond acceptors (Lipinski definition) is 3. The van der Waals surface area contributed by atoms with Gasteiger partial charge in [0.1, 0.15) is 5.75 Å². The number of carbonyl (C=O) groups excluding carboxylic acids is 2. The summed E-state index contributed by atoms with van der Waals surface area (Å²) in [6, 6.07) is 3.28. The highest BCUT2D eigenvalue weighted by molar-refractivity contribution is 14.1. The average molecular weight is 318 g/mol. The molecule has 0 spiro atoms. The lowest BCUT2D eigenvalue weighted by Gasteiger charge is -2.09. The van der Waals surface area contributed by atoms with Crippen LogP contribution in [0.5, 0.6) is 5.75 Å². The first-order chi connectivity index (χ1) is 7.10. The van der Waals surface area contributed by atoms with E-state index in [0.717, 1.165) is 9.86 Å². The van der Waals surface area contributed by atoms with E-state index in [2.05, 4.69) is 0 Å². The van der Waals surface area contributed by atoms with E-state index >= 15 is 0 Å². The van der Waals surface area contributed by atoms with Gasteiger partial charge in [-0.25, -0.2) is 0 Å². The predicted octanol–water partition coefficient (Wildman–Crippen LogP) is 2.71. The van der Waals surface area contributed by atoms with Gasteiger partial charge in [-0.3, -0.25) is 9.59 Å². The first-order valence-electron chi connectivity index (χ1n) is 4.52. The van der Waals surface area contributed by atoms with Gasteiger partial charge >= 0.3 is 0 Å². The Labute approximate surface area is 102 Å². The molecule has 80 valence electrons. The van der Waals surface area contributed by atoms with Crippen molar-refractivity contribution in [3.63, 3.8) is 0 Å². The molecule has 4 heteroatoms. The molecule has 0 saturated carbocycles. The minimum Gasteiger partial charge on any atom is -0.493 e. The lowest BCUT2D eigenvalue weighted by atomic mass is 10.1. The van der Waals surface area contributed by atoms with E-state index in [9.17, 15) is 9.59 Å². The fourth-order valence-corrected chi connectivity index (χ4v) is 2.08. The zero-order valence-electron chi connectivity index (χ0n) is 8.54. The van der Waals surface area contributed by atoms with Gasteiger partial charge in [-0.2, -0.15) is 0 Å². The highest BCUT2D eigenvalue weighted by Gasteiger charge is 2.11. The topological polar surface area (TPSA) is 43.4 Å². The van der Waals surface area contributed by atoms with Gasteiger partial charge in [-0.05, 0) is 48.6 Å². The molecule has 1 rings (SSSR count). The molecular weight excluding hydrogens is 307 g/mol. The predicted molar refractivity (Wildman–Crippen MR) is 65.7 cm³/mol. The molecule has 0 bridgehead atoms. The van der Waals surface area contributed by atoms with Crippen molar-refractivity contribution < 1.29 is 14.3 Å². The minimum atomic E-state index is -0.0298. The van der Waals surface area contributed by atoms with Gasteiger partial charge in [0.2, 0.25) is 0 Å². The molecule has 1 aromatic carbocycles. The fraction of sp³-hybridized carbons (Fsp3) is 0.273. The van der Waals surface area contributed by atoms with Gasteiger partial charge in [-0.15, -0.1) is 0 Å². The van der Waals surface area contributed by atoms with E-state index in [1.807, 2.05) is 29.5 Å². The summed E-state index contributed by atoms with van der Waals surface area (Å²) >= 11 is 2.03. The molecule has 1 aromatic rings. The third kappa shape index (κ3) is 2.77. The smallest absolute Gasteiger partial charge is 0.161 e. The zero-order chi connectivity index (χ0) is 11.4. The summed E-state index contributed by atoms with van der Waals surface area (Å²) in [5.74, 6) is 0.441. The summed E-state index contributed by atoms with van der Waals surface area (Å²) < 4.78 is 6.06. The molecular formula is C11H11IO3. The minimum absolute atomic E-state index is 0.0298. The molecule has 0 atom stereocenters. The highest BCUT2D eigenvalue weighted by atomic mass is 127. The Morgan fingerprint density at radius 3 is 2.67 bits per heavy atom. The fourth-order valence-electron chi connectivity index (χ4n) is 1.21. The van der Waals surface area contributed by atoms with Crippen LogP contribution in [0.4, 0.5) is 0 Å². The van der Waals surface area contributed by atoms with Gasteiger partial charge in [0, 0.05) is 9.13 Å². The second-order valence-electron chi connectivity index (χ2n) is 2.98. The second-order valence-corrected chi connectivity index (χ2v) is 4.14. The van der Waals surface area contributed by atoms with E-state index in [1.54, 1.807) is 12.1 Å². The Hall–Kier alpha value is -0.910. The van der Waals surface area contributed by atoms with Crippen molar-refractivity contribution >= 4 is 34.7 Å². The number of aldehydes is 1. The van der Waals surface area contributed by atoms with Crippen LogP contribution in [0.3, 0.4) is 0 Å². The largest absolute Gasteiger partial charge is 0.493 e. The van der Waals surface area contributed by atoms with Crippen molar-refractivity contribution in [3.8, 4) is 5.75 Å². The van der Waals surface area contributed by atoms with Gasteiger partial charge in [0.05, 0.1) is 12.2 Å². The summed E-state index contributed by atoms with van der Waals surface area (Å²) in [7, 11) is 0. The van der Waals surface area contributed by atoms with Gasteiger partial charge < -0.3 is 4.74 Å². The van der Waals surface area contributed by atoms with Crippen molar-refractivity contribution in [1.82, 2.24) is 0 Å². The van der Waals surface area contributed by atoms with Crippen LogP contribution in [-0.2, 0) is 0 Å². The van der Waals surface area contributed by atoms with Gasteiger partial charge in [0.25, 0.3) is 0 Å². The third-order valence-electron chi connectivity index (χ3n) is 1.91. The standard InChI is InChI=1S/C11H11IO3/c1-3-15-11-5-9(7(2)14)10(12)4-8(11)6-13/h4-6H,3H2,1-2H3. The summed E-state index contributed by atoms with van der Waals surface area (Å²) in [4.78, 5) is 22.0. The lowest BCUT2D eigenvalue weighted by Crippen LogP contribution is -2.02. The molecule has 15 heavy (non-hydrogen) atoms. The maximum absolute atomic E-state index is 11.3. The third-order valence-corrected chi connectivity index (χ3v) is 2.80. The molecule has 0 unspecified atom stereocenters. The number of ether oxygens (including phenoxy) is 1. The Morgan fingerprint density at radius 1 is 1.53 bits per heavy atom. The molecule has 0 heterocycles. The number of Topliss-reactive ketones (excluding diaryl/α,β-unsaturated/α-hetero) is 1. The van der Waals surface area contributed by atoms with Crippen LogP contribution < -0.4 is 4.74 Å². The molecule has 0 aliphatic rings. The number of rotatable bonds is 4. The Morgan fingerprint density at radius 2 is 2.20 bits per heavy atom. The van der Waals surface area contributed by atoms with E-state index in [1.165, 1.54) is 6.92 Å². The summed E-state index contributed by atoms with van der Waals surface area (Å²) in [5.41, 5.74) is 1.07. The van der Waals surface area contributed by atoms with E-state index in [4.69, 9.17) is 4.74 Å². The van der Waals surface area contributed by atoms with E-state index in [0.29, 0.717) is 23.5 Å². The summed E-state index contributed by atoms with van der Waals surface area (Å²) in [6.45, 7) is 3.80. The molecule has 0 saturated heterocycles. The van der Waals surface area contributed by atoms with Gasteiger partial charge in [-0.1, -0.05) is 0 Å². The number of benzene rings is 1. The molecule has 0 aliphatic carbocycles. The van der Waals surface area contributed by atoms with Crippen molar-refractivity contribution in [2.24, 2.45) is 0 Å². The van der Waals surface area contributed by atoms with Crippen molar-refractivity contribution in [2.45, 2.75) is 13.8 Å². The summed E-state index contributed by atoms with van der Waals surface area (Å²) in [6.07, 6.45) is 0.733. The monoisotopic (exact) mass is 318 g/mol. The van der Waals surface area contributed by atoms with Crippen molar-refractivity contribution in [3.05, 3.63) is 26.8 Å². The molecule has 0 aromatic heterocycles. The molecule has 0 radical (unpaired) electrons.